The molecule has 0 aliphatic carbocycles. The van der Waals surface area contributed by atoms with Gasteiger partial charge in [0.05, 0.1) is 10.3 Å². The zero-order valence-corrected chi connectivity index (χ0v) is 10.5. The normalized spacial score (nSPS) is 23.0. The van der Waals surface area contributed by atoms with E-state index in [0.717, 1.165) is 0 Å². The van der Waals surface area contributed by atoms with Crippen LogP contribution in [0.2, 0.25) is 0 Å². The number of benzene rings is 1. The van der Waals surface area contributed by atoms with Crippen molar-refractivity contribution in [3.8, 4) is 0 Å². The van der Waals surface area contributed by atoms with Gasteiger partial charge < -0.3 is 0 Å². The number of amides is 2. The Morgan fingerprint density at radius 1 is 1.42 bits per heavy atom. The van der Waals surface area contributed by atoms with Gasteiger partial charge in [-0.3, -0.25) is 25.0 Å². The maximum atomic E-state index is 12.1. The summed E-state index contributed by atoms with van der Waals surface area (Å²) in [5.74, 6) is -0.661. The number of nitrogens with zero attached hydrogens (tertiary/aromatic N) is 1. The second-order valence-corrected chi connectivity index (χ2v) is 4.62. The maximum Gasteiger partial charge on any atom is 0.269 e. The number of piperidine rings is 1. The van der Waals surface area contributed by atoms with Gasteiger partial charge in [-0.25, -0.2) is 0 Å². The van der Waals surface area contributed by atoms with E-state index in [2.05, 4.69) is 5.32 Å². The van der Waals surface area contributed by atoms with Crippen molar-refractivity contribution < 1.29 is 14.5 Å². The molecule has 1 aromatic rings. The van der Waals surface area contributed by atoms with Crippen LogP contribution in [0, 0.1) is 10.1 Å². The van der Waals surface area contributed by atoms with Crippen LogP contribution in [0.3, 0.4) is 0 Å². The second-order valence-electron chi connectivity index (χ2n) is 4.62. The molecular formula is C13H14N2O4. The Labute approximate surface area is 110 Å². The van der Waals surface area contributed by atoms with E-state index in [1.807, 2.05) is 6.92 Å². The Morgan fingerprint density at radius 3 is 2.74 bits per heavy atom. The van der Waals surface area contributed by atoms with Crippen LogP contribution in [0.15, 0.2) is 24.3 Å². The molecule has 1 saturated heterocycles. The molecule has 6 heteroatoms. The van der Waals surface area contributed by atoms with E-state index in [9.17, 15) is 19.7 Å². The number of carbonyl (C=O) groups is 2. The number of rotatable bonds is 3. The molecule has 100 valence electrons. The largest absolute Gasteiger partial charge is 0.296 e. The smallest absolute Gasteiger partial charge is 0.269 e. The molecule has 1 aliphatic heterocycles. The number of carbonyl (C=O) groups excluding carboxylic acids is 2. The van der Waals surface area contributed by atoms with Crippen LogP contribution in [-0.4, -0.2) is 16.7 Å². The SMILES string of the molecule is CCC1(c2cccc([N+](=O)[O-])c2)CCC(=O)NC1=O. The van der Waals surface area contributed by atoms with Crippen molar-refractivity contribution >= 4 is 17.5 Å². The predicted molar refractivity (Wildman–Crippen MR) is 67.4 cm³/mol. The number of hydrogen-bond acceptors (Lipinski definition) is 4. The molecular weight excluding hydrogens is 248 g/mol. The lowest BCUT2D eigenvalue weighted by molar-refractivity contribution is -0.385. The molecule has 2 rings (SSSR count). The monoisotopic (exact) mass is 262 g/mol. The number of nitro benzene ring substituents is 1. The third-order valence-electron chi connectivity index (χ3n) is 3.68. The van der Waals surface area contributed by atoms with Gasteiger partial charge in [0.15, 0.2) is 0 Å². The second kappa shape index (κ2) is 4.79. The highest BCUT2D eigenvalue weighted by Crippen LogP contribution is 2.36. The van der Waals surface area contributed by atoms with E-state index in [4.69, 9.17) is 0 Å². The molecule has 1 unspecified atom stereocenters. The van der Waals surface area contributed by atoms with Crippen molar-refractivity contribution in [3.63, 3.8) is 0 Å². The van der Waals surface area contributed by atoms with Crippen LogP contribution in [0.5, 0.6) is 0 Å². The van der Waals surface area contributed by atoms with Gasteiger partial charge in [0.1, 0.15) is 0 Å². The highest BCUT2D eigenvalue weighted by Gasteiger charge is 2.43. The molecule has 1 fully saturated rings. The van der Waals surface area contributed by atoms with Crippen LogP contribution < -0.4 is 5.32 Å². The first-order valence-corrected chi connectivity index (χ1v) is 6.09. The lowest BCUT2D eigenvalue weighted by atomic mass is 9.72. The summed E-state index contributed by atoms with van der Waals surface area (Å²) < 4.78 is 0. The van der Waals surface area contributed by atoms with Crippen LogP contribution in [0.25, 0.3) is 0 Å². The van der Waals surface area contributed by atoms with Crippen LogP contribution in [0.1, 0.15) is 31.7 Å². The van der Waals surface area contributed by atoms with Crippen LogP contribution in [-0.2, 0) is 15.0 Å². The molecule has 19 heavy (non-hydrogen) atoms. The molecule has 1 heterocycles. The van der Waals surface area contributed by atoms with Gasteiger partial charge in [-0.1, -0.05) is 19.1 Å². The van der Waals surface area contributed by atoms with E-state index in [-0.39, 0.29) is 23.9 Å². The fourth-order valence-electron chi connectivity index (χ4n) is 2.48. The zero-order valence-electron chi connectivity index (χ0n) is 10.5. The minimum atomic E-state index is -0.847. The summed E-state index contributed by atoms with van der Waals surface area (Å²) in [6.07, 6.45) is 1.13. The molecule has 0 bridgehead atoms. The first kappa shape index (κ1) is 13.2. The fourth-order valence-corrected chi connectivity index (χ4v) is 2.48. The minimum Gasteiger partial charge on any atom is -0.296 e. The van der Waals surface area contributed by atoms with Crippen molar-refractivity contribution in [2.75, 3.05) is 0 Å². The van der Waals surface area contributed by atoms with Gasteiger partial charge in [0.2, 0.25) is 11.8 Å². The average molecular weight is 262 g/mol. The first-order valence-electron chi connectivity index (χ1n) is 6.09. The number of nitro groups is 1. The fraction of sp³-hybridized carbons (Fsp3) is 0.385. The highest BCUT2D eigenvalue weighted by molar-refractivity contribution is 6.03. The van der Waals surface area contributed by atoms with E-state index in [1.165, 1.54) is 12.1 Å². The highest BCUT2D eigenvalue weighted by atomic mass is 16.6. The Morgan fingerprint density at radius 2 is 2.16 bits per heavy atom. The standard InChI is InChI=1S/C13H14N2O4/c1-2-13(7-6-11(16)14-12(13)17)9-4-3-5-10(8-9)15(18)19/h3-5,8H,2,6-7H2,1H3,(H,14,16,17). The van der Waals surface area contributed by atoms with E-state index in [1.54, 1.807) is 12.1 Å². The van der Waals surface area contributed by atoms with Gasteiger partial charge in [-0.2, -0.15) is 0 Å². The zero-order chi connectivity index (χ0) is 14.0. The number of hydrogen-bond donors (Lipinski definition) is 1. The topological polar surface area (TPSA) is 89.3 Å². The summed E-state index contributed by atoms with van der Waals surface area (Å²) in [5.41, 5.74) is -0.302. The molecule has 0 radical (unpaired) electrons. The van der Waals surface area contributed by atoms with Crippen molar-refractivity contribution in [3.05, 3.63) is 39.9 Å². The lowest BCUT2D eigenvalue weighted by Crippen LogP contribution is -2.51. The molecule has 1 aromatic carbocycles. The van der Waals surface area contributed by atoms with Crippen molar-refractivity contribution in [1.82, 2.24) is 5.32 Å². The summed E-state index contributed by atoms with van der Waals surface area (Å²) in [7, 11) is 0. The van der Waals surface area contributed by atoms with Gasteiger partial charge >= 0.3 is 0 Å². The Balaban J connectivity index is 2.47. The third-order valence-corrected chi connectivity index (χ3v) is 3.68. The summed E-state index contributed by atoms with van der Waals surface area (Å²) in [4.78, 5) is 33.7. The van der Waals surface area contributed by atoms with Crippen molar-refractivity contribution in [2.24, 2.45) is 0 Å². The minimum absolute atomic E-state index is 0.0463. The van der Waals surface area contributed by atoms with Gasteiger partial charge in [0.25, 0.3) is 5.69 Å². The Kier molecular flexibility index (Phi) is 3.33. The summed E-state index contributed by atoms with van der Waals surface area (Å²) in [6, 6.07) is 6.07. The molecule has 0 spiro atoms. The summed E-state index contributed by atoms with van der Waals surface area (Å²) in [5, 5.41) is 13.1. The van der Waals surface area contributed by atoms with Crippen molar-refractivity contribution in [2.45, 2.75) is 31.6 Å². The van der Waals surface area contributed by atoms with E-state index >= 15 is 0 Å². The first-order chi connectivity index (χ1) is 8.99. The summed E-state index contributed by atoms with van der Waals surface area (Å²) in [6.45, 7) is 1.84. The third kappa shape index (κ3) is 2.21. The Bertz CT molecular complexity index is 555. The van der Waals surface area contributed by atoms with Gasteiger partial charge in [0, 0.05) is 18.6 Å². The average Bonchev–Trinajstić information content (AvgIpc) is 2.39. The molecule has 1 atom stereocenters. The quantitative estimate of drug-likeness (QED) is 0.510. The Hall–Kier alpha value is -2.24. The molecule has 1 N–H and O–H groups in total. The number of nitrogens with one attached hydrogen (secondary N) is 1. The molecule has 0 saturated carbocycles. The van der Waals surface area contributed by atoms with E-state index < -0.39 is 10.3 Å². The predicted octanol–water partition coefficient (Wildman–Crippen LogP) is 1.68. The molecule has 6 nitrogen and oxygen atoms in total. The number of imide groups is 1. The number of non-ortho nitro benzene ring substituents is 1. The van der Waals surface area contributed by atoms with Gasteiger partial charge in [-0.15, -0.1) is 0 Å². The molecule has 1 aliphatic rings. The molecule has 2 amide bonds. The lowest BCUT2D eigenvalue weighted by Gasteiger charge is -2.34. The van der Waals surface area contributed by atoms with E-state index in [0.29, 0.717) is 18.4 Å². The van der Waals surface area contributed by atoms with Crippen LogP contribution >= 0.6 is 0 Å². The van der Waals surface area contributed by atoms with Gasteiger partial charge in [-0.05, 0) is 18.4 Å². The maximum absolute atomic E-state index is 12.1. The van der Waals surface area contributed by atoms with Crippen molar-refractivity contribution in [1.29, 1.82) is 0 Å². The van der Waals surface area contributed by atoms with Crippen LogP contribution in [0.4, 0.5) is 5.69 Å². The summed E-state index contributed by atoms with van der Waals surface area (Å²) >= 11 is 0. The molecule has 0 aromatic heterocycles.